The van der Waals surface area contributed by atoms with Gasteiger partial charge in [-0.05, 0) is 35.9 Å². The second kappa shape index (κ2) is 9.63. The topological polar surface area (TPSA) is 100 Å². The average molecular weight is 365 g/mol. The number of anilines is 1. The lowest BCUT2D eigenvalue weighted by atomic mass is 10.2. The monoisotopic (exact) mass is 365 g/mol. The van der Waals surface area contributed by atoms with Gasteiger partial charge in [-0.2, -0.15) is 5.26 Å². The quantitative estimate of drug-likeness (QED) is 0.444. The minimum Gasteiger partial charge on any atom is -0.497 e. The van der Waals surface area contributed by atoms with Crippen LogP contribution in [0.1, 0.15) is 15.9 Å². The Labute approximate surface area is 157 Å². The van der Waals surface area contributed by atoms with Gasteiger partial charge in [0.1, 0.15) is 17.4 Å². The highest BCUT2D eigenvalue weighted by Gasteiger charge is 2.09. The van der Waals surface area contributed by atoms with Crippen LogP contribution in [0.15, 0.2) is 60.3 Å². The number of ether oxygens (including phenoxy) is 2. The molecule has 0 unspecified atom stereocenters. The number of esters is 1. The molecule has 0 bridgehead atoms. The fraction of sp³-hybridized carbons (Fsp3) is 0.150. The van der Waals surface area contributed by atoms with Crippen molar-refractivity contribution in [2.45, 2.75) is 6.54 Å². The Hall–Kier alpha value is -3.79. The second-order valence-corrected chi connectivity index (χ2v) is 5.42. The van der Waals surface area contributed by atoms with Gasteiger partial charge >= 0.3 is 5.97 Å². The van der Waals surface area contributed by atoms with Crippen LogP contribution in [0.2, 0.25) is 0 Å². The van der Waals surface area contributed by atoms with E-state index in [0.29, 0.717) is 11.3 Å². The molecule has 7 nitrogen and oxygen atoms in total. The van der Waals surface area contributed by atoms with E-state index in [0.717, 1.165) is 11.3 Å². The molecule has 0 aliphatic carbocycles. The molecule has 0 aromatic heterocycles. The number of carbonyl (C=O) groups is 2. The highest BCUT2D eigenvalue weighted by Crippen LogP contribution is 2.13. The predicted molar refractivity (Wildman–Crippen MR) is 99.9 cm³/mol. The zero-order valence-corrected chi connectivity index (χ0v) is 15.0. The minimum atomic E-state index is -0.509. The van der Waals surface area contributed by atoms with Crippen LogP contribution in [-0.4, -0.2) is 26.1 Å². The first-order chi connectivity index (χ1) is 13.1. The number of nitrogens with zero attached hydrogens (tertiary/aromatic N) is 1. The Morgan fingerprint density at radius 3 is 2.52 bits per heavy atom. The maximum atomic E-state index is 12.2. The van der Waals surface area contributed by atoms with Gasteiger partial charge < -0.3 is 20.1 Å². The van der Waals surface area contributed by atoms with Crippen molar-refractivity contribution in [3.8, 4) is 11.8 Å². The van der Waals surface area contributed by atoms with Crippen LogP contribution in [-0.2, 0) is 16.1 Å². The molecule has 0 spiro atoms. The first kappa shape index (κ1) is 19.5. The minimum absolute atomic E-state index is 0.0908. The van der Waals surface area contributed by atoms with Crippen LogP contribution in [0.3, 0.4) is 0 Å². The van der Waals surface area contributed by atoms with Gasteiger partial charge in [0.15, 0.2) is 0 Å². The zero-order valence-electron chi connectivity index (χ0n) is 15.0. The van der Waals surface area contributed by atoms with Crippen molar-refractivity contribution in [2.24, 2.45) is 0 Å². The summed E-state index contributed by atoms with van der Waals surface area (Å²) >= 11 is 0. The average Bonchev–Trinajstić information content (AvgIpc) is 2.72. The number of rotatable bonds is 7. The number of amides is 1. The SMILES string of the molecule is COC(=O)c1cccc(N/C=C(/C#N)C(=O)NCc2ccc(OC)cc2)c1. The molecule has 0 atom stereocenters. The summed E-state index contributed by atoms with van der Waals surface area (Å²) in [6.07, 6.45) is 1.29. The molecule has 2 aromatic carbocycles. The summed E-state index contributed by atoms with van der Waals surface area (Å²) in [7, 11) is 2.87. The first-order valence-electron chi connectivity index (χ1n) is 8.03. The molecule has 0 saturated carbocycles. The number of hydrogen-bond acceptors (Lipinski definition) is 6. The molecule has 7 heteroatoms. The molecule has 138 valence electrons. The van der Waals surface area contributed by atoms with E-state index in [4.69, 9.17) is 4.74 Å². The molecule has 0 heterocycles. The van der Waals surface area contributed by atoms with Gasteiger partial charge in [0, 0.05) is 18.4 Å². The van der Waals surface area contributed by atoms with Crippen molar-refractivity contribution in [3.05, 3.63) is 71.4 Å². The third-order valence-corrected chi connectivity index (χ3v) is 3.64. The molecular weight excluding hydrogens is 346 g/mol. The molecule has 0 aliphatic heterocycles. The largest absolute Gasteiger partial charge is 0.497 e. The Morgan fingerprint density at radius 1 is 1.15 bits per heavy atom. The Bertz CT molecular complexity index is 883. The van der Waals surface area contributed by atoms with Crippen LogP contribution < -0.4 is 15.4 Å². The van der Waals surface area contributed by atoms with Gasteiger partial charge in [0.2, 0.25) is 0 Å². The molecule has 1 amide bonds. The fourth-order valence-electron chi connectivity index (χ4n) is 2.18. The van der Waals surface area contributed by atoms with E-state index in [9.17, 15) is 14.9 Å². The van der Waals surface area contributed by atoms with E-state index in [1.54, 1.807) is 43.5 Å². The smallest absolute Gasteiger partial charge is 0.337 e. The molecule has 27 heavy (non-hydrogen) atoms. The van der Waals surface area contributed by atoms with Crippen molar-refractivity contribution >= 4 is 17.6 Å². The number of methoxy groups -OCH3 is 2. The summed E-state index contributed by atoms with van der Waals surface area (Å²) in [6.45, 7) is 0.277. The van der Waals surface area contributed by atoms with Crippen molar-refractivity contribution < 1.29 is 19.1 Å². The van der Waals surface area contributed by atoms with Crippen LogP contribution in [0.5, 0.6) is 5.75 Å². The molecule has 0 fully saturated rings. The summed E-state index contributed by atoms with van der Waals surface area (Å²) in [5.41, 5.74) is 1.69. The molecule has 0 saturated heterocycles. The fourth-order valence-corrected chi connectivity index (χ4v) is 2.18. The summed E-state index contributed by atoms with van der Waals surface area (Å²) in [5.74, 6) is -0.258. The molecule has 2 rings (SSSR count). The van der Waals surface area contributed by atoms with E-state index in [2.05, 4.69) is 15.4 Å². The molecule has 0 radical (unpaired) electrons. The maximum Gasteiger partial charge on any atom is 0.337 e. The summed E-state index contributed by atoms with van der Waals surface area (Å²) in [5, 5.41) is 14.7. The van der Waals surface area contributed by atoms with Crippen LogP contribution >= 0.6 is 0 Å². The van der Waals surface area contributed by atoms with Gasteiger partial charge in [-0.1, -0.05) is 18.2 Å². The number of benzene rings is 2. The summed E-state index contributed by atoms with van der Waals surface area (Å²) in [6, 6.07) is 15.6. The molecule has 0 aliphatic rings. The van der Waals surface area contributed by atoms with E-state index < -0.39 is 11.9 Å². The van der Waals surface area contributed by atoms with Gasteiger partial charge in [-0.15, -0.1) is 0 Å². The van der Waals surface area contributed by atoms with Crippen molar-refractivity contribution in [3.63, 3.8) is 0 Å². The molecule has 2 aromatic rings. The second-order valence-electron chi connectivity index (χ2n) is 5.42. The van der Waals surface area contributed by atoms with Crippen molar-refractivity contribution in [2.75, 3.05) is 19.5 Å². The predicted octanol–water partition coefficient (Wildman–Crippen LogP) is 2.62. The number of carbonyl (C=O) groups excluding carboxylic acids is 2. The maximum absolute atomic E-state index is 12.2. The number of hydrogen-bond donors (Lipinski definition) is 2. The van der Waals surface area contributed by atoms with Crippen LogP contribution in [0.4, 0.5) is 5.69 Å². The summed E-state index contributed by atoms with van der Waals surface area (Å²) < 4.78 is 9.74. The van der Waals surface area contributed by atoms with Gasteiger partial charge in [0.05, 0.1) is 19.8 Å². The number of nitrogens with one attached hydrogen (secondary N) is 2. The Kier molecular flexibility index (Phi) is 6.97. The Morgan fingerprint density at radius 2 is 1.89 bits per heavy atom. The summed E-state index contributed by atoms with van der Waals surface area (Å²) in [4.78, 5) is 23.7. The lowest BCUT2D eigenvalue weighted by molar-refractivity contribution is -0.117. The lowest BCUT2D eigenvalue weighted by Crippen LogP contribution is -2.24. The van der Waals surface area contributed by atoms with Gasteiger partial charge in [-0.25, -0.2) is 4.79 Å². The van der Waals surface area contributed by atoms with Gasteiger partial charge in [0.25, 0.3) is 5.91 Å². The molecule has 2 N–H and O–H groups in total. The Balaban J connectivity index is 1.99. The standard InChI is InChI=1S/C20H19N3O4/c1-26-18-8-6-14(7-9-18)12-23-19(24)16(11-21)13-22-17-5-3-4-15(10-17)20(25)27-2/h3-10,13,22H,12H2,1-2H3,(H,23,24)/b16-13-. The van der Waals surface area contributed by atoms with E-state index in [-0.39, 0.29) is 12.1 Å². The highest BCUT2D eigenvalue weighted by atomic mass is 16.5. The van der Waals surface area contributed by atoms with Crippen LogP contribution in [0.25, 0.3) is 0 Å². The first-order valence-corrected chi connectivity index (χ1v) is 8.03. The normalized spacial score (nSPS) is 10.5. The van der Waals surface area contributed by atoms with Crippen LogP contribution in [0, 0.1) is 11.3 Å². The molecular formula is C20H19N3O4. The van der Waals surface area contributed by atoms with Crippen molar-refractivity contribution in [1.29, 1.82) is 5.26 Å². The van der Waals surface area contributed by atoms with Crippen molar-refractivity contribution in [1.82, 2.24) is 5.32 Å². The lowest BCUT2D eigenvalue weighted by Gasteiger charge is -2.07. The third kappa shape index (κ3) is 5.61. The third-order valence-electron chi connectivity index (χ3n) is 3.64. The van der Waals surface area contributed by atoms with E-state index >= 15 is 0 Å². The number of nitriles is 1. The zero-order chi connectivity index (χ0) is 19.6. The highest BCUT2D eigenvalue weighted by molar-refractivity contribution is 5.97. The van der Waals surface area contributed by atoms with E-state index in [1.165, 1.54) is 13.3 Å². The van der Waals surface area contributed by atoms with E-state index in [1.807, 2.05) is 18.2 Å². The van der Waals surface area contributed by atoms with Gasteiger partial charge in [-0.3, -0.25) is 4.79 Å².